The van der Waals surface area contributed by atoms with Gasteiger partial charge in [-0.1, -0.05) is 19.3 Å². The van der Waals surface area contributed by atoms with E-state index in [1.165, 1.54) is 18.0 Å². The van der Waals surface area contributed by atoms with Crippen molar-refractivity contribution >= 4 is 11.7 Å². The molecule has 0 atom stereocenters. The highest BCUT2D eigenvalue weighted by molar-refractivity contribution is 5.79. The molecule has 2 N–H and O–H groups in total. The van der Waals surface area contributed by atoms with Crippen molar-refractivity contribution < 1.29 is 18.3 Å². The van der Waals surface area contributed by atoms with Crippen molar-refractivity contribution in [2.45, 2.75) is 44.1 Å². The Labute approximate surface area is 109 Å². The Balaban J connectivity index is 2.43. The van der Waals surface area contributed by atoms with Crippen LogP contribution in [0.25, 0.3) is 0 Å². The zero-order valence-electron chi connectivity index (χ0n) is 10.7. The first kappa shape index (κ1) is 13.8. The van der Waals surface area contributed by atoms with E-state index in [-0.39, 0.29) is 5.69 Å². The monoisotopic (exact) mass is 273 g/mol. The topological polar surface area (TPSA) is 70.1 Å². The molecule has 1 heterocycles. The summed E-state index contributed by atoms with van der Waals surface area (Å²) in [6.07, 6.45) is 2.30. The van der Waals surface area contributed by atoms with Gasteiger partial charge in [0.15, 0.2) is 11.2 Å². The summed E-state index contributed by atoms with van der Waals surface area (Å²) in [4.78, 5) is 12.1. The highest BCUT2D eigenvalue weighted by atomic mass is 19.3. The predicted octanol–water partition coefficient (Wildman–Crippen LogP) is 2.24. The average molecular weight is 273 g/mol. The second-order valence-electron chi connectivity index (χ2n) is 4.80. The lowest BCUT2D eigenvalue weighted by atomic mass is 9.82. The Morgan fingerprint density at radius 2 is 2.11 bits per heavy atom. The van der Waals surface area contributed by atoms with E-state index in [2.05, 4.69) is 5.10 Å². The van der Waals surface area contributed by atoms with E-state index in [9.17, 15) is 13.6 Å². The highest BCUT2D eigenvalue weighted by Gasteiger charge is 2.44. The number of carbonyl (C=O) groups is 1. The normalized spacial score (nSPS) is 18.5. The third-order valence-corrected chi connectivity index (χ3v) is 3.66. The zero-order valence-corrected chi connectivity index (χ0v) is 10.7. The molecule has 0 saturated heterocycles. The van der Waals surface area contributed by atoms with Crippen LogP contribution >= 0.6 is 0 Å². The van der Waals surface area contributed by atoms with Crippen molar-refractivity contribution in [3.8, 4) is 0 Å². The lowest BCUT2D eigenvalue weighted by Gasteiger charge is -2.34. The molecule has 5 nitrogen and oxygen atoms in total. The number of rotatable bonds is 3. The second kappa shape index (κ2) is 5.14. The summed E-state index contributed by atoms with van der Waals surface area (Å²) >= 11 is 0. The Hall–Kier alpha value is -1.66. The van der Waals surface area contributed by atoms with Crippen molar-refractivity contribution in [3.05, 3.63) is 11.9 Å². The molecular weight excluding hydrogens is 256 g/mol. The Morgan fingerprint density at radius 3 is 2.58 bits per heavy atom. The van der Waals surface area contributed by atoms with Crippen molar-refractivity contribution in [2.24, 2.45) is 0 Å². The van der Waals surface area contributed by atoms with E-state index in [0.29, 0.717) is 12.8 Å². The molecule has 1 aliphatic rings. The number of halogens is 2. The third kappa shape index (κ3) is 2.29. The minimum atomic E-state index is -2.75. The quantitative estimate of drug-likeness (QED) is 0.857. The number of nitrogens with two attached hydrogens (primary N) is 1. The molecule has 2 rings (SSSR count). The van der Waals surface area contributed by atoms with Crippen molar-refractivity contribution in [1.29, 1.82) is 0 Å². The summed E-state index contributed by atoms with van der Waals surface area (Å²) in [6.45, 7) is 0. The summed E-state index contributed by atoms with van der Waals surface area (Å²) in [7, 11) is 1.29. The van der Waals surface area contributed by atoms with Gasteiger partial charge in [0, 0.05) is 6.20 Å². The van der Waals surface area contributed by atoms with Gasteiger partial charge in [-0.25, -0.2) is 13.6 Å². The summed E-state index contributed by atoms with van der Waals surface area (Å²) < 4.78 is 31.6. The highest BCUT2D eigenvalue weighted by Crippen LogP contribution is 2.37. The van der Waals surface area contributed by atoms with E-state index in [0.717, 1.165) is 19.3 Å². The number of alkyl halides is 2. The molecule has 1 fully saturated rings. The fraction of sp³-hybridized carbons (Fsp3) is 0.667. The van der Waals surface area contributed by atoms with Gasteiger partial charge in [0.25, 0.3) is 6.43 Å². The van der Waals surface area contributed by atoms with Gasteiger partial charge in [-0.2, -0.15) is 5.10 Å². The molecule has 0 unspecified atom stereocenters. The van der Waals surface area contributed by atoms with Crippen LogP contribution in [-0.2, 0) is 15.1 Å². The van der Waals surface area contributed by atoms with Gasteiger partial charge >= 0.3 is 5.97 Å². The zero-order chi connectivity index (χ0) is 14.0. The number of hydrogen-bond acceptors (Lipinski definition) is 4. The number of carbonyl (C=O) groups excluding carboxylic acids is 1. The minimum Gasteiger partial charge on any atom is -0.467 e. The fourth-order valence-electron chi connectivity index (χ4n) is 2.64. The molecule has 0 aromatic carbocycles. The van der Waals surface area contributed by atoms with Gasteiger partial charge in [0.05, 0.1) is 12.8 Å². The number of anilines is 1. The Kier molecular flexibility index (Phi) is 3.73. The second-order valence-corrected chi connectivity index (χ2v) is 4.80. The first-order valence-corrected chi connectivity index (χ1v) is 6.23. The van der Waals surface area contributed by atoms with Crippen LogP contribution in [0.4, 0.5) is 14.5 Å². The van der Waals surface area contributed by atoms with Crippen LogP contribution in [0, 0.1) is 0 Å². The van der Waals surface area contributed by atoms with E-state index in [4.69, 9.17) is 10.5 Å². The number of hydrogen-bond donors (Lipinski definition) is 1. The smallest absolute Gasteiger partial charge is 0.333 e. The van der Waals surface area contributed by atoms with Gasteiger partial charge in [-0.3, -0.25) is 4.68 Å². The Morgan fingerprint density at radius 1 is 1.47 bits per heavy atom. The number of nitrogen functional groups attached to an aromatic ring is 1. The lowest BCUT2D eigenvalue weighted by molar-refractivity contribution is -0.154. The molecule has 0 spiro atoms. The summed E-state index contributed by atoms with van der Waals surface area (Å²) in [5.41, 5.74) is 3.97. The number of methoxy groups -OCH3 is 1. The molecule has 1 saturated carbocycles. The van der Waals surface area contributed by atoms with E-state index in [1.807, 2.05) is 0 Å². The average Bonchev–Trinajstić information content (AvgIpc) is 2.81. The van der Waals surface area contributed by atoms with Gasteiger partial charge in [-0.15, -0.1) is 0 Å². The van der Waals surface area contributed by atoms with Crippen LogP contribution in [0.15, 0.2) is 6.20 Å². The number of nitrogens with zero attached hydrogens (tertiary/aromatic N) is 2. The molecule has 7 heteroatoms. The minimum absolute atomic E-state index is 0.0937. The van der Waals surface area contributed by atoms with Gasteiger partial charge in [0.1, 0.15) is 0 Å². The molecule has 1 aromatic rings. The molecule has 1 aliphatic carbocycles. The molecule has 0 radical (unpaired) electrons. The third-order valence-electron chi connectivity index (χ3n) is 3.66. The maximum Gasteiger partial charge on any atom is 0.333 e. The van der Waals surface area contributed by atoms with Gasteiger partial charge in [-0.05, 0) is 12.8 Å². The standard InChI is InChI=1S/C12H17F2N3O2/c1-19-11(18)12(5-3-2-4-6-12)17-7-8(15)9(16-17)10(13)14/h7,10H,2-6,15H2,1H3. The van der Waals surface area contributed by atoms with Crippen LogP contribution in [0.2, 0.25) is 0 Å². The van der Waals surface area contributed by atoms with Crippen molar-refractivity contribution in [2.75, 3.05) is 12.8 Å². The number of esters is 1. The predicted molar refractivity (Wildman–Crippen MR) is 64.7 cm³/mol. The fourth-order valence-corrected chi connectivity index (χ4v) is 2.64. The number of aromatic nitrogens is 2. The first-order chi connectivity index (χ1) is 9.01. The van der Waals surface area contributed by atoms with Crippen LogP contribution in [0.1, 0.15) is 44.2 Å². The van der Waals surface area contributed by atoms with Gasteiger partial charge < -0.3 is 10.5 Å². The van der Waals surface area contributed by atoms with Crippen LogP contribution in [0.5, 0.6) is 0 Å². The van der Waals surface area contributed by atoms with Crippen LogP contribution < -0.4 is 5.73 Å². The molecular formula is C12H17F2N3O2. The molecule has 1 aromatic heterocycles. The van der Waals surface area contributed by atoms with E-state index >= 15 is 0 Å². The van der Waals surface area contributed by atoms with Crippen molar-refractivity contribution in [1.82, 2.24) is 9.78 Å². The van der Waals surface area contributed by atoms with E-state index < -0.39 is 23.6 Å². The molecule has 0 bridgehead atoms. The molecule has 106 valence electrons. The van der Waals surface area contributed by atoms with E-state index in [1.54, 1.807) is 0 Å². The maximum atomic E-state index is 12.7. The SMILES string of the molecule is COC(=O)C1(n2cc(N)c(C(F)F)n2)CCCCC1. The summed E-state index contributed by atoms with van der Waals surface area (Å²) in [5.74, 6) is -0.449. The Bertz CT molecular complexity index is 468. The van der Waals surface area contributed by atoms with Crippen molar-refractivity contribution in [3.63, 3.8) is 0 Å². The maximum absolute atomic E-state index is 12.7. The molecule has 0 amide bonds. The summed E-state index contributed by atoms with van der Waals surface area (Å²) in [6, 6.07) is 0. The largest absolute Gasteiger partial charge is 0.467 e. The molecule has 19 heavy (non-hydrogen) atoms. The first-order valence-electron chi connectivity index (χ1n) is 6.23. The number of ether oxygens (including phenoxy) is 1. The van der Waals surface area contributed by atoms with Crippen LogP contribution in [-0.4, -0.2) is 22.9 Å². The lowest BCUT2D eigenvalue weighted by Crippen LogP contribution is -2.45. The van der Waals surface area contributed by atoms with Crippen LogP contribution in [0.3, 0.4) is 0 Å². The summed E-state index contributed by atoms with van der Waals surface area (Å²) in [5, 5.41) is 3.81. The molecule has 0 aliphatic heterocycles. The van der Waals surface area contributed by atoms with Gasteiger partial charge in [0.2, 0.25) is 0 Å².